The summed E-state index contributed by atoms with van der Waals surface area (Å²) in [7, 11) is 0. The van der Waals surface area contributed by atoms with Crippen molar-refractivity contribution in [3.8, 4) is 5.75 Å². The van der Waals surface area contributed by atoms with Crippen molar-refractivity contribution in [2.45, 2.75) is 0 Å². The van der Waals surface area contributed by atoms with Crippen LogP contribution in [0.25, 0.3) is 10.8 Å². The summed E-state index contributed by atoms with van der Waals surface area (Å²) in [4.78, 5) is 4.43. The predicted molar refractivity (Wildman–Crippen MR) is 94.7 cm³/mol. The molecule has 3 aromatic carbocycles. The highest BCUT2D eigenvalue weighted by atomic mass is 79.9. The number of nitrogens with zero attached hydrogens (tertiary/aromatic N) is 1. The topological polar surface area (TPSA) is 32.6 Å². The number of hydrogen-bond acceptors (Lipinski definition) is 2. The number of fused-ring (bicyclic) bond motifs is 1. The maximum Gasteiger partial charge on any atom is 0.132 e. The Balaban J connectivity index is 2.01. The van der Waals surface area contributed by atoms with Crippen LogP contribution >= 0.6 is 31.9 Å². The molecule has 0 saturated carbocycles. The van der Waals surface area contributed by atoms with Gasteiger partial charge in [0.2, 0.25) is 0 Å². The molecule has 0 bridgehead atoms. The monoisotopic (exact) mass is 403 g/mol. The van der Waals surface area contributed by atoms with E-state index >= 15 is 0 Å². The van der Waals surface area contributed by atoms with Crippen molar-refractivity contribution in [1.29, 1.82) is 0 Å². The summed E-state index contributed by atoms with van der Waals surface area (Å²) in [5, 5.41) is 12.2. The molecule has 0 atom stereocenters. The predicted octanol–water partition coefficient (Wildman–Crippen LogP) is 5.82. The molecule has 4 heteroatoms. The van der Waals surface area contributed by atoms with E-state index in [1.807, 2.05) is 54.6 Å². The van der Waals surface area contributed by atoms with Gasteiger partial charge in [0.15, 0.2) is 0 Å². The van der Waals surface area contributed by atoms with Gasteiger partial charge < -0.3 is 5.11 Å². The Labute approximate surface area is 139 Å². The van der Waals surface area contributed by atoms with Crippen molar-refractivity contribution < 1.29 is 5.11 Å². The standard InChI is InChI=1S/C17H11Br2NO/c18-13-7-8-16(15(19)9-13)20-10-12-6-5-11-3-1-2-4-14(11)17(12)21/h1-10,21H. The lowest BCUT2D eigenvalue weighted by atomic mass is 10.1. The number of halogens is 2. The second kappa shape index (κ2) is 6.00. The smallest absolute Gasteiger partial charge is 0.132 e. The van der Waals surface area contributed by atoms with Gasteiger partial charge in [-0.15, -0.1) is 0 Å². The molecule has 0 fully saturated rings. The van der Waals surface area contributed by atoms with Crippen LogP contribution in [0.5, 0.6) is 5.75 Å². The largest absolute Gasteiger partial charge is 0.507 e. The molecule has 0 amide bonds. The number of benzene rings is 3. The van der Waals surface area contributed by atoms with E-state index in [-0.39, 0.29) is 5.75 Å². The van der Waals surface area contributed by atoms with Crippen molar-refractivity contribution in [3.63, 3.8) is 0 Å². The molecule has 0 aliphatic carbocycles. The van der Waals surface area contributed by atoms with Crippen LogP contribution in [0.4, 0.5) is 5.69 Å². The average Bonchev–Trinajstić information content (AvgIpc) is 2.48. The fourth-order valence-corrected chi connectivity index (χ4v) is 3.25. The van der Waals surface area contributed by atoms with Gasteiger partial charge in [-0.2, -0.15) is 0 Å². The maximum atomic E-state index is 10.3. The van der Waals surface area contributed by atoms with Gasteiger partial charge in [0.05, 0.1) is 5.69 Å². The molecule has 0 saturated heterocycles. The van der Waals surface area contributed by atoms with E-state index in [0.717, 1.165) is 25.4 Å². The van der Waals surface area contributed by atoms with Gasteiger partial charge in [-0.25, -0.2) is 0 Å². The van der Waals surface area contributed by atoms with E-state index in [9.17, 15) is 5.11 Å². The number of hydrogen-bond donors (Lipinski definition) is 1. The van der Waals surface area contributed by atoms with E-state index in [0.29, 0.717) is 5.56 Å². The average molecular weight is 405 g/mol. The third-order valence-electron chi connectivity index (χ3n) is 3.18. The van der Waals surface area contributed by atoms with E-state index in [1.54, 1.807) is 6.21 Å². The van der Waals surface area contributed by atoms with Gasteiger partial charge in [-0.05, 0) is 45.6 Å². The van der Waals surface area contributed by atoms with Crippen molar-refractivity contribution in [3.05, 3.63) is 69.1 Å². The Kier molecular flexibility index (Phi) is 4.08. The molecular formula is C17H11Br2NO. The van der Waals surface area contributed by atoms with Crippen LogP contribution < -0.4 is 0 Å². The van der Waals surface area contributed by atoms with Gasteiger partial charge in [0.1, 0.15) is 5.75 Å². The summed E-state index contributed by atoms with van der Waals surface area (Å²) in [6.45, 7) is 0. The van der Waals surface area contributed by atoms with E-state index < -0.39 is 0 Å². The first-order valence-corrected chi connectivity index (χ1v) is 7.93. The molecule has 3 rings (SSSR count). The minimum atomic E-state index is 0.255. The van der Waals surface area contributed by atoms with Crippen molar-refractivity contribution in [2.24, 2.45) is 4.99 Å². The molecular weight excluding hydrogens is 394 g/mol. The van der Waals surface area contributed by atoms with Crippen LogP contribution in [-0.2, 0) is 0 Å². The molecule has 3 aromatic rings. The quantitative estimate of drug-likeness (QED) is 0.536. The Bertz CT molecular complexity index is 843. The minimum absolute atomic E-state index is 0.255. The number of aromatic hydroxyl groups is 1. The number of phenols is 1. The lowest BCUT2D eigenvalue weighted by Crippen LogP contribution is -1.84. The van der Waals surface area contributed by atoms with Crippen LogP contribution in [0.15, 0.2) is 68.5 Å². The van der Waals surface area contributed by atoms with Crippen molar-refractivity contribution in [1.82, 2.24) is 0 Å². The summed E-state index contributed by atoms with van der Waals surface area (Å²) >= 11 is 6.88. The third-order valence-corrected chi connectivity index (χ3v) is 4.31. The molecule has 2 nitrogen and oxygen atoms in total. The molecule has 104 valence electrons. The Morgan fingerprint density at radius 1 is 0.952 bits per heavy atom. The van der Waals surface area contributed by atoms with Crippen LogP contribution in [0.1, 0.15) is 5.56 Å². The molecule has 0 aliphatic rings. The van der Waals surface area contributed by atoms with E-state index in [4.69, 9.17) is 0 Å². The highest BCUT2D eigenvalue weighted by Gasteiger charge is 2.04. The van der Waals surface area contributed by atoms with Crippen LogP contribution in [0.3, 0.4) is 0 Å². The molecule has 0 heterocycles. The second-order valence-electron chi connectivity index (χ2n) is 4.58. The summed E-state index contributed by atoms with van der Waals surface area (Å²) in [5.74, 6) is 0.255. The SMILES string of the molecule is Oc1c(C=Nc2ccc(Br)cc2Br)ccc2ccccc12. The number of phenolic OH excluding ortho intramolecular Hbond substituents is 1. The number of rotatable bonds is 2. The van der Waals surface area contributed by atoms with Gasteiger partial charge in [-0.1, -0.05) is 46.3 Å². The molecule has 0 aromatic heterocycles. The zero-order valence-electron chi connectivity index (χ0n) is 10.9. The normalized spacial score (nSPS) is 11.3. The molecule has 21 heavy (non-hydrogen) atoms. The van der Waals surface area contributed by atoms with Gasteiger partial charge in [0.25, 0.3) is 0 Å². The zero-order valence-corrected chi connectivity index (χ0v) is 14.1. The fourth-order valence-electron chi connectivity index (χ4n) is 2.10. The lowest BCUT2D eigenvalue weighted by molar-refractivity contribution is 0.481. The van der Waals surface area contributed by atoms with Gasteiger partial charge in [0, 0.05) is 26.1 Å². The highest BCUT2D eigenvalue weighted by Crippen LogP contribution is 2.30. The summed E-state index contributed by atoms with van der Waals surface area (Å²) in [6, 6.07) is 17.4. The van der Waals surface area contributed by atoms with Gasteiger partial charge in [-0.3, -0.25) is 4.99 Å². The molecule has 1 N–H and O–H groups in total. The molecule has 0 spiro atoms. The van der Waals surface area contributed by atoms with E-state index in [2.05, 4.69) is 36.9 Å². The second-order valence-corrected chi connectivity index (χ2v) is 6.35. The highest BCUT2D eigenvalue weighted by molar-refractivity contribution is 9.11. The summed E-state index contributed by atoms with van der Waals surface area (Å²) in [5.41, 5.74) is 1.51. The first-order valence-electron chi connectivity index (χ1n) is 6.35. The number of aliphatic imine (C=N–C) groups is 1. The Hall–Kier alpha value is -1.65. The fraction of sp³-hybridized carbons (Fsp3) is 0. The molecule has 0 aliphatic heterocycles. The zero-order chi connectivity index (χ0) is 14.8. The lowest BCUT2D eigenvalue weighted by Gasteiger charge is -2.04. The first kappa shape index (κ1) is 14.3. The van der Waals surface area contributed by atoms with Crippen LogP contribution in [0, 0.1) is 0 Å². The Morgan fingerprint density at radius 3 is 2.57 bits per heavy atom. The first-order chi connectivity index (χ1) is 10.1. The Morgan fingerprint density at radius 2 is 1.76 bits per heavy atom. The molecule has 0 unspecified atom stereocenters. The third kappa shape index (κ3) is 3.01. The van der Waals surface area contributed by atoms with Crippen molar-refractivity contribution >= 4 is 54.5 Å². The van der Waals surface area contributed by atoms with E-state index in [1.165, 1.54) is 0 Å². The van der Waals surface area contributed by atoms with Crippen LogP contribution in [0.2, 0.25) is 0 Å². The minimum Gasteiger partial charge on any atom is -0.507 e. The summed E-state index contributed by atoms with van der Waals surface area (Å²) < 4.78 is 1.88. The van der Waals surface area contributed by atoms with Crippen LogP contribution in [-0.4, -0.2) is 11.3 Å². The van der Waals surface area contributed by atoms with Gasteiger partial charge >= 0.3 is 0 Å². The maximum absolute atomic E-state index is 10.3. The summed E-state index contributed by atoms with van der Waals surface area (Å²) in [6.07, 6.45) is 1.68. The van der Waals surface area contributed by atoms with Crippen molar-refractivity contribution in [2.75, 3.05) is 0 Å². The molecule has 0 radical (unpaired) electrons.